The van der Waals surface area contributed by atoms with E-state index in [-0.39, 0.29) is 12.3 Å². The first-order chi connectivity index (χ1) is 16.6. The molecule has 3 aromatic rings. The van der Waals surface area contributed by atoms with Gasteiger partial charge in [-0.3, -0.25) is 9.59 Å². The Morgan fingerprint density at radius 1 is 1.09 bits per heavy atom. The van der Waals surface area contributed by atoms with Gasteiger partial charge in [0.05, 0.1) is 18.9 Å². The predicted molar refractivity (Wildman–Crippen MR) is 129 cm³/mol. The van der Waals surface area contributed by atoms with Crippen LogP contribution in [-0.4, -0.2) is 40.0 Å². The maximum atomic E-state index is 13.2. The number of carboxylic acids is 1. The molecule has 0 fully saturated rings. The summed E-state index contributed by atoms with van der Waals surface area (Å²) in [6.07, 6.45) is 2.81. The van der Waals surface area contributed by atoms with Crippen LogP contribution in [-0.2, 0) is 29.1 Å². The molecule has 2 heterocycles. The van der Waals surface area contributed by atoms with Gasteiger partial charge in [0, 0.05) is 25.8 Å². The van der Waals surface area contributed by atoms with Gasteiger partial charge in [-0.2, -0.15) is 0 Å². The third-order valence-electron chi connectivity index (χ3n) is 5.86. The highest BCUT2D eigenvalue weighted by Gasteiger charge is 2.31. The number of nitrogens with zero attached hydrogens (tertiary/aromatic N) is 2. The highest BCUT2D eigenvalue weighted by atomic mass is 16.5. The van der Waals surface area contributed by atoms with Crippen LogP contribution in [0.25, 0.3) is 0 Å². The Balaban J connectivity index is 1.42. The molecular formula is C27H29N3O4. The fraction of sp³-hybridized carbons (Fsp3) is 0.296. The number of amides is 1. The first kappa shape index (κ1) is 23.3. The summed E-state index contributed by atoms with van der Waals surface area (Å²) in [5.41, 5.74) is 3.02. The van der Waals surface area contributed by atoms with Crippen molar-refractivity contribution in [1.29, 1.82) is 0 Å². The molecule has 1 unspecified atom stereocenters. The van der Waals surface area contributed by atoms with E-state index in [9.17, 15) is 14.7 Å². The van der Waals surface area contributed by atoms with Gasteiger partial charge >= 0.3 is 5.97 Å². The van der Waals surface area contributed by atoms with E-state index in [0.29, 0.717) is 26.1 Å². The van der Waals surface area contributed by atoms with Gasteiger partial charge in [0.15, 0.2) is 0 Å². The van der Waals surface area contributed by atoms with E-state index in [1.807, 2.05) is 66.7 Å². The summed E-state index contributed by atoms with van der Waals surface area (Å²) in [5, 5.41) is 12.6. The minimum atomic E-state index is -0.958. The number of pyridine rings is 1. The quantitative estimate of drug-likeness (QED) is 0.443. The highest BCUT2D eigenvalue weighted by molar-refractivity contribution is 5.84. The molecule has 2 N–H and O–H groups in total. The van der Waals surface area contributed by atoms with Crippen LogP contribution in [0.4, 0.5) is 5.82 Å². The van der Waals surface area contributed by atoms with E-state index in [2.05, 4.69) is 10.3 Å². The normalized spacial score (nSPS) is 15.4. The standard InChI is InChI=1S/C27H29N3O4/c31-26(32)17-22-15-21-10-11-24(34-14-6-13-29-25-9-4-5-12-28-25)16-23(21)19-30(27(22)33)18-20-7-2-1-3-8-20/h1-5,7-12,16,22H,6,13-15,17-19H2,(H,28,29)(H,31,32). The maximum Gasteiger partial charge on any atom is 0.304 e. The molecule has 7 heteroatoms. The molecule has 0 spiro atoms. The summed E-state index contributed by atoms with van der Waals surface area (Å²) in [5.74, 6) is -0.0647. The number of anilines is 1. The molecule has 1 aliphatic rings. The Hall–Kier alpha value is -3.87. The smallest absolute Gasteiger partial charge is 0.304 e. The van der Waals surface area contributed by atoms with Crippen molar-refractivity contribution in [3.05, 3.63) is 89.6 Å². The van der Waals surface area contributed by atoms with Crippen molar-refractivity contribution < 1.29 is 19.4 Å². The largest absolute Gasteiger partial charge is 0.494 e. The summed E-state index contributed by atoms with van der Waals surface area (Å²) in [6, 6.07) is 21.4. The lowest BCUT2D eigenvalue weighted by Crippen LogP contribution is -2.35. The zero-order chi connectivity index (χ0) is 23.8. The summed E-state index contributed by atoms with van der Waals surface area (Å²) >= 11 is 0. The van der Waals surface area contributed by atoms with Crippen LogP contribution < -0.4 is 10.1 Å². The molecular weight excluding hydrogens is 430 g/mol. The summed E-state index contributed by atoms with van der Waals surface area (Å²) in [4.78, 5) is 30.6. The number of aromatic nitrogens is 1. The number of aliphatic carboxylic acids is 1. The van der Waals surface area contributed by atoms with Crippen LogP contribution in [0.2, 0.25) is 0 Å². The van der Waals surface area contributed by atoms with E-state index in [1.54, 1.807) is 11.1 Å². The highest BCUT2D eigenvalue weighted by Crippen LogP contribution is 2.29. The Morgan fingerprint density at radius 2 is 1.91 bits per heavy atom. The van der Waals surface area contributed by atoms with Crippen molar-refractivity contribution in [1.82, 2.24) is 9.88 Å². The summed E-state index contributed by atoms with van der Waals surface area (Å²) in [6.45, 7) is 2.17. The summed E-state index contributed by atoms with van der Waals surface area (Å²) in [7, 11) is 0. The Bertz CT molecular complexity index is 1110. The van der Waals surface area contributed by atoms with Crippen molar-refractivity contribution >= 4 is 17.7 Å². The van der Waals surface area contributed by atoms with Crippen molar-refractivity contribution in [2.75, 3.05) is 18.5 Å². The molecule has 7 nitrogen and oxygen atoms in total. The number of carboxylic acid groups (broad SMARTS) is 1. The Kier molecular flexibility index (Phi) is 7.75. The lowest BCUT2D eigenvalue weighted by atomic mass is 9.94. The molecule has 0 bridgehead atoms. The fourth-order valence-corrected chi connectivity index (χ4v) is 4.19. The first-order valence-corrected chi connectivity index (χ1v) is 11.5. The van der Waals surface area contributed by atoms with Gasteiger partial charge in [-0.15, -0.1) is 0 Å². The van der Waals surface area contributed by atoms with Gasteiger partial charge < -0.3 is 20.1 Å². The topological polar surface area (TPSA) is 91.8 Å². The van der Waals surface area contributed by atoms with Crippen LogP contribution in [0.3, 0.4) is 0 Å². The van der Waals surface area contributed by atoms with Crippen LogP contribution in [0.15, 0.2) is 72.9 Å². The zero-order valence-electron chi connectivity index (χ0n) is 19.0. The number of fused-ring (bicyclic) bond motifs is 1. The lowest BCUT2D eigenvalue weighted by molar-refractivity contribution is -0.144. The maximum absolute atomic E-state index is 13.2. The predicted octanol–water partition coefficient (Wildman–Crippen LogP) is 4.14. The second-order valence-electron chi connectivity index (χ2n) is 8.45. The number of benzene rings is 2. The average molecular weight is 460 g/mol. The Labute approximate surface area is 199 Å². The van der Waals surface area contributed by atoms with Crippen LogP contribution in [0.1, 0.15) is 29.5 Å². The second-order valence-corrected chi connectivity index (χ2v) is 8.45. The Morgan fingerprint density at radius 3 is 2.68 bits per heavy atom. The van der Waals surface area contributed by atoms with Crippen molar-refractivity contribution in [3.63, 3.8) is 0 Å². The molecule has 1 amide bonds. The third-order valence-corrected chi connectivity index (χ3v) is 5.86. The monoisotopic (exact) mass is 459 g/mol. The minimum absolute atomic E-state index is 0.120. The molecule has 1 aromatic heterocycles. The second kappa shape index (κ2) is 11.3. The van der Waals surface area contributed by atoms with Crippen LogP contribution >= 0.6 is 0 Å². The first-order valence-electron chi connectivity index (χ1n) is 11.5. The SMILES string of the molecule is O=C(O)CC1Cc2ccc(OCCCNc3ccccn3)cc2CN(Cc2ccccc2)C1=O. The molecule has 0 saturated carbocycles. The zero-order valence-corrected chi connectivity index (χ0v) is 19.0. The molecule has 0 saturated heterocycles. The van der Waals surface area contributed by atoms with E-state index in [0.717, 1.165) is 41.2 Å². The van der Waals surface area contributed by atoms with Crippen molar-refractivity contribution in [2.45, 2.75) is 32.4 Å². The number of carbonyl (C=O) groups is 2. The molecule has 0 radical (unpaired) electrons. The fourth-order valence-electron chi connectivity index (χ4n) is 4.19. The average Bonchev–Trinajstić information content (AvgIpc) is 2.96. The minimum Gasteiger partial charge on any atom is -0.494 e. The van der Waals surface area contributed by atoms with Gasteiger partial charge in [0.1, 0.15) is 11.6 Å². The number of ether oxygens (including phenoxy) is 1. The number of rotatable bonds is 10. The number of hydrogen-bond donors (Lipinski definition) is 2. The lowest BCUT2D eigenvalue weighted by Gasteiger charge is -2.24. The van der Waals surface area contributed by atoms with Crippen molar-refractivity contribution in [2.24, 2.45) is 5.92 Å². The number of nitrogens with one attached hydrogen (secondary N) is 1. The number of carbonyl (C=O) groups excluding carboxylic acids is 1. The number of hydrogen-bond acceptors (Lipinski definition) is 5. The van der Waals surface area contributed by atoms with Gasteiger partial charge in [-0.25, -0.2) is 4.98 Å². The van der Waals surface area contributed by atoms with E-state index < -0.39 is 11.9 Å². The molecule has 0 aliphatic carbocycles. The van der Waals surface area contributed by atoms with Gasteiger partial charge in [0.25, 0.3) is 0 Å². The molecule has 176 valence electrons. The molecule has 2 aromatic carbocycles. The van der Waals surface area contributed by atoms with Gasteiger partial charge in [0.2, 0.25) is 5.91 Å². The van der Waals surface area contributed by atoms with Crippen molar-refractivity contribution in [3.8, 4) is 5.75 Å². The molecule has 1 aliphatic heterocycles. The third kappa shape index (κ3) is 6.34. The van der Waals surface area contributed by atoms with Gasteiger partial charge in [-0.05, 0) is 53.8 Å². The molecule has 4 rings (SSSR count). The summed E-state index contributed by atoms with van der Waals surface area (Å²) < 4.78 is 5.96. The van der Waals surface area contributed by atoms with E-state index >= 15 is 0 Å². The van der Waals surface area contributed by atoms with Gasteiger partial charge in [-0.1, -0.05) is 42.5 Å². The van der Waals surface area contributed by atoms with Crippen LogP contribution in [0.5, 0.6) is 5.75 Å². The van der Waals surface area contributed by atoms with Crippen LogP contribution in [0, 0.1) is 5.92 Å². The molecule has 34 heavy (non-hydrogen) atoms. The molecule has 1 atom stereocenters. The van der Waals surface area contributed by atoms with E-state index in [1.165, 1.54) is 0 Å². The van der Waals surface area contributed by atoms with E-state index in [4.69, 9.17) is 4.74 Å².